The predicted molar refractivity (Wildman–Crippen MR) is 89.2 cm³/mol. The molecule has 0 aliphatic rings. The van der Waals surface area contributed by atoms with Crippen LogP contribution in [0.3, 0.4) is 0 Å². The molecule has 0 N–H and O–H groups in total. The fraction of sp³-hybridized carbons (Fsp3) is 0.467. The van der Waals surface area contributed by atoms with Gasteiger partial charge < -0.3 is 9.64 Å². The third-order valence-corrected chi connectivity index (χ3v) is 4.41. The second-order valence-electron chi connectivity index (χ2n) is 5.11. The second kappa shape index (κ2) is 8.31. The van der Waals surface area contributed by atoms with E-state index in [4.69, 9.17) is 15.4 Å². The van der Waals surface area contributed by atoms with Crippen molar-refractivity contribution in [2.24, 2.45) is 0 Å². The van der Waals surface area contributed by atoms with E-state index in [1.807, 2.05) is 6.92 Å². The average Bonchev–Trinajstić information content (AvgIpc) is 2.40. The highest BCUT2D eigenvalue weighted by Gasteiger charge is 2.14. The van der Waals surface area contributed by atoms with Crippen LogP contribution < -0.4 is 4.90 Å². The molecular formula is C15H20ClNO5S. The molecule has 8 heteroatoms. The summed E-state index contributed by atoms with van der Waals surface area (Å²) >= 11 is 0. The van der Waals surface area contributed by atoms with Gasteiger partial charge in [-0.2, -0.15) is 0 Å². The zero-order valence-corrected chi connectivity index (χ0v) is 14.9. The molecule has 1 aromatic carbocycles. The van der Waals surface area contributed by atoms with Crippen LogP contribution in [0.5, 0.6) is 0 Å². The summed E-state index contributed by atoms with van der Waals surface area (Å²) in [7, 11) is 1.68. The number of aryl methyl sites for hydroxylation is 2. The zero-order chi connectivity index (χ0) is 17.6. The lowest BCUT2D eigenvalue weighted by molar-refractivity contribution is -0.140. The maximum Gasteiger partial charge on any atom is 0.302 e. The van der Waals surface area contributed by atoms with Crippen molar-refractivity contribution in [1.29, 1.82) is 0 Å². The number of halogens is 1. The molecule has 23 heavy (non-hydrogen) atoms. The van der Waals surface area contributed by atoms with Gasteiger partial charge in [0.05, 0.1) is 12.3 Å². The Morgan fingerprint density at radius 1 is 1.26 bits per heavy atom. The van der Waals surface area contributed by atoms with Crippen LogP contribution in [0.25, 0.3) is 0 Å². The highest BCUT2D eigenvalue weighted by Crippen LogP contribution is 2.20. The number of rotatable bonds is 7. The third-order valence-electron chi connectivity index (χ3n) is 3.25. The van der Waals surface area contributed by atoms with E-state index in [1.54, 1.807) is 18.2 Å². The van der Waals surface area contributed by atoms with Gasteiger partial charge in [-0.1, -0.05) is 6.07 Å². The fourth-order valence-corrected chi connectivity index (χ4v) is 2.80. The Bertz CT molecular complexity index is 687. The molecule has 0 aromatic heterocycles. The topological polar surface area (TPSA) is 80.8 Å². The van der Waals surface area contributed by atoms with E-state index in [0.29, 0.717) is 12.1 Å². The molecule has 0 heterocycles. The smallest absolute Gasteiger partial charge is 0.302 e. The number of hydrogen-bond acceptors (Lipinski definition) is 5. The summed E-state index contributed by atoms with van der Waals surface area (Å²) in [5.41, 5.74) is 2.38. The Morgan fingerprint density at radius 2 is 1.91 bits per heavy atom. The monoisotopic (exact) mass is 361 g/mol. The summed E-state index contributed by atoms with van der Waals surface area (Å²) < 4.78 is 26.9. The number of anilines is 1. The number of nitrogens with zero attached hydrogens (tertiary/aromatic N) is 1. The molecule has 0 saturated heterocycles. The molecule has 1 amide bonds. The van der Waals surface area contributed by atoms with Crippen molar-refractivity contribution in [3.8, 4) is 0 Å². The summed E-state index contributed by atoms with van der Waals surface area (Å²) in [6.07, 6.45) is 0.311. The van der Waals surface area contributed by atoms with Crippen LogP contribution >= 0.6 is 10.7 Å². The molecule has 0 bridgehead atoms. The van der Waals surface area contributed by atoms with Crippen molar-refractivity contribution in [3.05, 3.63) is 29.3 Å². The normalized spacial score (nSPS) is 11.1. The Balaban J connectivity index is 2.87. The lowest BCUT2D eigenvalue weighted by Gasteiger charge is -2.22. The summed E-state index contributed by atoms with van der Waals surface area (Å²) in [5.74, 6) is -0.715. The second-order valence-corrected chi connectivity index (χ2v) is 8.01. The van der Waals surface area contributed by atoms with Gasteiger partial charge in [0.15, 0.2) is 0 Å². The van der Waals surface area contributed by atoms with Gasteiger partial charge in [0.25, 0.3) is 0 Å². The Hall–Kier alpha value is -1.60. The summed E-state index contributed by atoms with van der Waals surface area (Å²) in [6, 6.07) is 5.30. The van der Waals surface area contributed by atoms with Gasteiger partial charge in [-0.15, -0.1) is 0 Å². The van der Waals surface area contributed by atoms with Gasteiger partial charge in [0.1, 0.15) is 6.61 Å². The molecule has 0 saturated carbocycles. The van der Waals surface area contributed by atoms with E-state index in [9.17, 15) is 18.0 Å². The van der Waals surface area contributed by atoms with Gasteiger partial charge in [0, 0.05) is 30.2 Å². The number of ether oxygens (including phenoxy) is 1. The van der Waals surface area contributed by atoms with Crippen LogP contribution in [0, 0.1) is 6.92 Å². The largest absolute Gasteiger partial charge is 0.464 e. The molecule has 0 atom stereocenters. The molecule has 0 aliphatic heterocycles. The van der Waals surface area contributed by atoms with E-state index in [0.717, 1.165) is 11.1 Å². The quantitative estimate of drug-likeness (QED) is 0.548. The number of carbonyl (C=O) groups is 2. The van der Waals surface area contributed by atoms with E-state index >= 15 is 0 Å². The number of hydrogen-bond donors (Lipinski definition) is 0. The van der Waals surface area contributed by atoms with Crippen molar-refractivity contribution in [2.75, 3.05) is 23.8 Å². The first-order chi connectivity index (χ1) is 10.6. The fourth-order valence-electron chi connectivity index (χ4n) is 2.11. The first kappa shape index (κ1) is 19.4. The Kier molecular flexibility index (Phi) is 7.02. The maximum atomic E-state index is 11.8. The van der Waals surface area contributed by atoms with Crippen LogP contribution in [0.1, 0.15) is 25.0 Å². The van der Waals surface area contributed by atoms with Crippen LogP contribution in [0.4, 0.5) is 5.69 Å². The van der Waals surface area contributed by atoms with Crippen molar-refractivity contribution in [1.82, 2.24) is 0 Å². The van der Waals surface area contributed by atoms with Crippen LogP contribution in [-0.2, 0) is 29.8 Å². The Morgan fingerprint density at radius 3 is 2.39 bits per heavy atom. The summed E-state index contributed by atoms with van der Waals surface area (Å²) in [5, 5.41) is 0. The van der Waals surface area contributed by atoms with E-state index in [2.05, 4.69) is 0 Å². The van der Waals surface area contributed by atoms with Crippen molar-refractivity contribution in [2.45, 2.75) is 27.2 Å². The van der Waals surface area contributed by atoms with Gasteiger partial charge in [-0.25, -0.2) is 8.42 Å². The minimum atomic E-state index is -3.54. The van der Waals surface area contributed by atoms with Crippen LogP contribution in [0.2, 0.25) is 0 Å². The van der Waals surface area contributed by atoms with Crippen molar-refractivity contribution >= 4 is 37.3 Å². The molecule has 0 unspecified atom stereocenters. The van der Waals surface area contributed by atoms with Crippen molar-refractivity contribution < 1.29 is 22.7 Å². The average molecular weight is 362 g/mol. The molecule has 128 valence electrons. The molecule has 1 rings (SSSR count). The zero-order valence-electron chi connectivity index (χ0n) is 13.3. The third kappa shape index (κ3) is 7.00. The molecule has 0 fully saturated rings. The van der Waals surface area contributed by atoms with E-state index < -0.39 is 15.0 Å². The minimum Gasteiger partial charge on any atom is -0.464 e. The Labute approximate surface area is 140 Å². The van der Waals surface area contributed by atoms with Gasteiger partial charge in [-0.05, 0) is 36.6 Å². The lowest BCUT2D eigenvalue weighted by atomic mass is 10.1. The minimum absolute atomic E-state index is 0.111. The van der Waals surface area contributed by atoms with E-state index in [1.165, 1.54) is 18.7 Å². The molecule has 1 aromatic rings. The molecule has 0 aliphatic carbocycles. The van der Waals surface area contributed by atoms with Crippen LogP contribution in [-0.4, -0.2) is 39.2 Å². The number of carbonyl (C=O) groups excluding carboxylic acids is 2. The first-order valence-corrected chi connectivity index (χ1v) is 9.51. The standard InChI is InChI=1S/C15H20ClNO5S/c1-11-10-15(5-4-14(11)6-9-23(16,20)21)17(12(2)18)7-8-22-13(3)19/h4-5,10H,6-9H2,1-3H3. The highest BCUT2D eigenvalue weighted by molar-refractivity contribution is 8.13. The summed E-state index contributed by atoms with van der Waals surface area (Å²) in [4.78, 5) is 24.1. The highest BCUT2D eigenvalue weighted by atomic mass is 35.7. The first-order valence-electron chi connectivity index (χ1n) is 7.03. The number of amides is 1. The van der Waals surface area contributed by atoms with Gasteiger partial charge in [0.2, 0.25) is 15.0 Å². The molecule has 0 spiro atoms. The predicted octanol–water partition coefficient (Wildman–Crippen LogP) is 2.02. The number of esters is 1. The maximum absolute atomic E-state index is 11.8. The molecule has 0 radical (unpaired) electrons. The molecule has 6 nitrogen and oxygen atoms in total. The van der Waals surface area contributed by atoms with Gasteiger partial charge in [-0.3, -0.25) is 9.59 Å². The van der Waals surface area contributed by atoms with Gasteiger partial charge >= 0.3 is 5.97 Å². The lowest BCUT2D eigenvalue weighted by Crippen LogP contribution is -2.32. The molecular weight excluding hydrogens is 342 g/mol. The summed E-state index contributed by atoms with van der Waals surface area (Å²) in [6.45, 7) is 4.94. The van der Waals surface area contributed by atoms with E-state index in [-0.39, 0.29) is 24.8 Å². The van der Waals surface area contributed by atoms with Crippen LogP contribution in [0.15, 0.2) is 18.2 Å². The van der Waals surface area contributed by atoms with Crippen molar-refractivity contribution in [3.63, 3.8) is 0 Å². The SMILES string of the molecule is CC(=O)OCCN(C(C)=O)c1ccc(CCS(=O)(=O)Cl)c(C)c1. The number of benzene rings is 1.